The van der Waals surface area contributed by atoms with Crippen molar-refractivity contribution in [2.24, 2.45) is 0 Å². The molecule has 0 radical (unpaired) electrons. The Kier molecular flexibility index (Phi) is 4.87. The van der Waals surface area contributed by atoms with E-state index in [4.69, 9.17) is 21.6 Å². The molecule has 3 rings (SSSR count). The molecule has 1 unspecified atom stereocenters. The van der Waals surface area contributed by atoms with Gasteiger partial charge in [0.1, 0.15) is 5.75 Å². The van der Waals surface area contributed by atoms with Gasteiger partial charge in [-0.15, -0.1) is 0 Å². The minimum atomic E-state index is -0.592. The first kappa shape index (κ1) is 16.8. The summed E-state index contributed by atoms with van der Waals surface area (Å²) >= 11 is 5.92. The number of ether oxygens (including phenoxy) is 1. The zero-order chi connectivity index (χ0) is 17.8. The Morgan fingerprint density at radius 2 is 1.92 bits per heavy atom. The first-order valence-electron chi connectivity index (χ1n) is 7.66. The van der Waals surface area contributed by atoms with Crippen molar-refractivity contribution in [2.45, 2.75) is 12.9 Å². The molecule has 6 nitrogen and oxygen atoms in total. The smallest absolute Gasteiger partial charge is 0.254 e. The number of nitrogens with zero attached hydrogens (tertiary/aromatic N) is 2. The maximum Gasteiger partial charge on any atom is 0.254 e. The number of aliphatic hydroxyl groups excluding tert-OH is 1. The molecule has 0 amide bonds. The van der Waals surface area contributed by atoms with Crippen LogP contribution in [0.2, 0.25) is 5.02 Å². The fraction of sp³-hybridized carbons (Fsp3) is 0.167. The molecule has 0 aromatic heterocycles. The van der Waals surface area contributed by atoms with Gasteiger partial charge in [0.2, 0.25) is 5.88 Å². The standard InChI is InChI=1S/C18H17ClN4O2/c1-21-16-17(24)23(11-13-2-6-14(19)7-3-13)18(22-16)25-15-8-4-12(10-20)5-9-15/h2-9,18,21-22,24H,11H2,1H3. The summed E-state index contributed by atoms with van der Waals surface area (Å²) in [6, 6.07) is 16.3. The Labute approximate surface area is 150 Å². The van der Waals surface area contributed by atoms with E-state index in [0.29, 0.717) is 28.7 Å². The van der Waals surface area contributed by atoms with Crippen molar-refractivity contribution in [1.29, 1.82) is 5.26 Å². The van der Waals surface area contributed by atoms with Crippen molar-refractivity contribution >= 4 is 11.6 Å². The minimum absolute atomic E-state index is 0.0658. The lowest BCUT2D eigenvalue weighted by molar-refractivity contribution is 0.0183. The molecule has 0 spiro atoms. The number of halogens is 1. The largest absolute Gasteiger partial charge is 0.492 e. The molecule has 0 aliphatic carbocycles. The molecule has 7 heteroatoms. The van der Waals surface area contributed by atoms with Gasteiger partial charge in [0, 0.05) is 12.1 Å². The number of aliphatic hydroxyl groups is 1. The van der Waals surface area contributed by atoms with Crippen LogP contribution in [0.5, 0.6) is 5.75 Å². The highest BCUT2D eigenvalue weighted by atomic mass is 35.5. The predicted octanol–water partition coefficient (Wildman–Crippen LogP) is 2.88. The summed E-state index contributed by atoms with van der Waals surface area (Å²) in [5.41, 5.74) is 1.53. The van der Waals surface area contributed by atoms with Crippen molar-refractivity contribution in [3.05, 3.63) is 76.4 Å². The Hall–Kier alpha value is -3.04. The van der Waals surface area contributed by atoms with E-state index < -0.39 is 6.35 Å². The molecule has 1 heterocycles. The van der Waals surface area contributed by atoms with Gasteiger partial charge in [-0.25, -0.2) is 0 Å². The van der Waals surface area contributed by atoms with Crippen molar-refractivity contribution in [3.8, 4) is 11.8 Å². The molecule has 1 atom stereocenters. The fourth-order valence-corrected chi connectivity index (χ4v) is 2.60. The zero-order valence-corrected chi connectivity index (χ0v) is 14.3. The number of hydrogen-bond donors (Lipinski definition) is 3. The van der Waals surface area contributed by atoms with E-state index in [-0.39, 0.29) is 5.88 Å². The van der Waals surface area contributed by atoms with E-state index in [1.54, 1.807) is 48.3 Å². The van der Waals surface area contributed by atoms with Crippen molar-refractivity contribution in [2.75, 3.05) is 7.05 Å². The van der Waals surface area contributed by atoms with Gasteiger partial charge in [-0.1, -0.05) is 23.7 Å². The highest BCUT2D eigenvalue weighted by Gasteiger charge is 2.32. The highest BCUT2D eigenvalue weighted by Crippen LogP contribution is 2.23. The highest BCUT2D eigenvalue weighted by molar-refractivity contribution is 6.30. The molecule has 2 aromatic carbocycles. The van der Waals surface area contributed by atoms with Gasteiger partial charge < -0.3 is 20.5 Å². The molecule has 3 N–H and O–H groups in total. The Bertz CT molecular complexity index is 812. The van der Waals surface area contributed by atoms with Crippen LogP contribution in [0.25, 0.3) is 0 Å². The van der Waals surface area contributed by atoms with Gasteiger partial charge in [0.15, 0.2) is 5.82 Å². The Morgan fingerprint density at radius 1 is 1.24 bits per heavy atom. The summed E-state index contributed by atoms with van der Waals surface area (Å²) in [6.07, 6.45) is -0.592. The third-order valence-corrected chi connectivity index (χ3v) is 4.05. The first-order chi connectivity index (χ1) is 12.1. The molecule has 1 aliphatic heterocycles. The average molecular weight is 357 g/mol. The fourth-order valence-electron chi connectivity index (χ4n) is 2.48. The molecular formula is C18H17ClN4O2. The molecule has 0 saturated carbocycles. The van der Waals surface area contributed by atoms with Crippen LogP contribution >= 0.6 is 11.6 Å². The number of nitrogens with one attached hydrogen (secondary N) is 2. The van der Waals surface area contributed by atoms with E-state index in [0.717, 1.165) is 5.56 Å². The lowest BCUT2D eigenvalue weighted by Gasteiger charge is -2.26. The number of benzene rings is 2. The second-order valence-corrected chi connectivity index (χ2v) is 5.89. The monoisotopic (exact) mass is 356 g/mol. The van der Waals surface area contributed by atoms with Crippen molar-refractivity contribution in [3.63, 3.8) is 0 Å². The third-order valence-electron chi connectivity index (χ3n) is 3.79. The second kappa shape index (κ2) is 7.24. The van der Waals surface area contributed by atoms with Crippen LogP contribution in [0, 0.1) is 11.3 Å². The maximum absolute atomic E-state index is 10.4. The van der Waals surface area contributed by atoms with E-state index in [1.165, 1.54) is 0 Å². The second-order valence-electron chi connectivity index (χ2n) is 5.45. The van der Waals surface area contributed by atoms with E-state index >= 15 is 0 Å². The van der Waals surface area contributed by atoms with Crippen LogP contribution < -0.4 is 15.4 Å². The number of hydrogen-bond acceptors (Lipinski definition) is 6. The quantitative estimate of drug-likeness (QED) is 0.764. The van der Waals surface area contributed by atoms with E-state index in [1.807, 2.05) is 12.1 Å². The molecule has 0 saturated heterocycles. The SMILES string of the molecule is CNC1=C(O)N(Cc2ccc(Cl)cc2)C(Oc2ccc(C#N)cc2)N1. The lowest BCUT2D eigenvalue weighted by atomic mass is 10.2. The van der Waals surface area contributed by atoms with Crippen LogP contribution in [-0.2, 0) is 6.54 Å². The van der Waals surface area contributed by atoms with E-state index in [9.17, 15) is 5.11 Å². The van der Waals surface area contributed by atoms with Gasteiger partial charge >= 0.3 is 0 Å². The summed E-state index contributed by atoms with van der Waals surface area (Å²) in [5.74, 6) is 1.13. The minimum Gasteiger partial charge on any atom is -0.492 e. The van der Waals surface area contributed by atoms with Crippen LogP contribution in [-0.4, -0.2) is 23.4 Å². The molecule has 0 bridgehead atoms. The summed E-state index contributed by atoms with van der Waals surface area (Å²) in [6.45, 7) is 0.433. The van der Waals surface area contributed by atoms with Crippen LogP contribution in [0.4, 0.5) is 0 Å². The average Bonchev–Trinajstić information content (AvgIpc) is 2.93. The normalized spacial score (nSPS) is 16.4. The Morgan fingerprint density at radius 3 is 2.52 bits per heavy atom. The van der Waals surface area contributed by atoms with Gasteiger partial charge in [0.05, 0.1) is 18.2 Å². The summed E-state index contributed by atoms with van der Waals surface area (Å²) < 4.78 is 5.92. The van der Waals surface area contributed by atoms with Gasteiger partial charge in [-0.05, 0) is 42.0 Å². The van der Waals surface area contributed by atoms with Gasteiger partial charge in [-0.3, -0.25) is 4.90 Å². The molecule has 25 heavy (non-hydrogen) atoms. The van der Waals surface area contributed by atoms with Crippen molar-refractivity contribution in [1.82, 2.24) is 15.5 Å². The molecule has 0 fully saturated rings. The Balaban J connectivity index is 1.79. The zero-order valence-electron chi connectivity index (χ0n) is 13.5. The maximum atomic E-state index is 10.4. The number of rotatable bonds is 5. The van der Waals surface area contributed by atoms with Gasteiger partial charge in [0.25, 0.3) is 6.35 Å². The third kappa shape index (κ3) is 3.73. The topological polar surface area (TPSA) is 80.6 Å². The van der Waals surface area contributed by atoms with Gasteiger partial charge in [-0.2, -0.15) is 5.26 Å². The molecular weight excluding hydrogens is 340 g/mol. The first-order valence-corrected chi connectivity index (χ1v) is 8.04. The molecule has 1 aliphatic rings. The summed E-state index contributed by atoms with van der Waals surface area (Å²) in [5, 5.41) is 25.9. The summed E-state index contributed by atoms with van der Waals surface area (Å²) in [7, 11) is 1.71. The molecule has 2 aromatic rings. The van der Waals surface area contributed by atoms with E-state index in [2.05, 4.69) is 16.7 Å². The lowest BCUT2D eigenvalue weighted by Crippen LogP contribution is -2.42. The van der Waals surface area contributed by atoms with Crippen LogP contribution in [0.3, 0.4) is 0 Å². The van der Waals surface area contributed by atoms with Crippen LogP contribution in [0.15, 0.2) is 60.2 Å². The van der Waals surface area contributed by atoms with Crippen LogP contribution in [0.1, 0.15) is 11.1 Å². The number of nitriles is 1. The molecule has 128 valence electrons. The summed E-state index contributed by atoms with van der Waals surface area (Å²) in [4.78, 5) is 1.69. The predicted molar refractivity (Wildman–Crippen MR) is 94.4 cm³/mol. The van der Waals surface area contributed by atoms with Crippen molar-refractivity contribution < 1.29 is 9.84 Å².